The fourth-order valence-corrected chi connectivity index (χ4v) is 4.38. The lowest BCUT2D eigenvalue weighted by Gasteiger charge is -2.35. The number of hydrogen-bond acceptors (Lipinski definition) is 4. The predicted molar refractivity (Wildman–Crippen MR) is 84.8 cm³/mol. The summed E-state index contributed by atoms with van der Waals surface area (Å²) in [6.07, 6.45) is 1.89. The van der Waals surface area contributed by atoms with E-state index >= 15 is 0 Å². The fraction of sp³-hybridized carbons (Fsp3) is 0.571. The third-order valence-corrected chi connectivity index (χ3v) is 6.29. The maximum atomic E-state index is 12.7. The molecule has 2 N–H and O–H groups in total. The highest BCUT2D eigenvalue weighted by Gasteiger charge is 2.30. The number of halogens is 1. The van der Waals surface area contributed by atoms with Crippen LogP contribution in [0.1, 0.15) is 18.4 Å². The molecule has 0 bridgehead atoms. The van der Waals surface area contributed by atoms with Gasteiger partial charge in [-0.25, -0.2) is 8.42 Å². The second-order valence-corrected chi connectivity index (χ2v) is 7.94. The summed E-state index contributed by atoms with van der Waals surface area (Å²) in [7, 11) is 0.128. The number of benzene rings is 1. The summed E-state index contributed by atoms with van der Waals surface area (Å²) in [5, 5.41) is 0.396. The van der Waals surface area contributed by atoms with Crippen LogP contribution in [0.5, 0.6) is 0 Å². The molecule has 1 heterocycles. The second kappa shape index (κ2) is 6.62. The topological polar surface area (TPSA) is 66.6 Å². The van der Waals surface area contributed by atoms with Gasteiger partial charge in [-0.05, 0) is 44.1 Å². The lowest BCUT2D eigenvalue weighted by atomic mass is 10.1. The molecule has 5 nitrogen and oxygen atoms in total. The van der Waals surface area contributed by atoms with Gasteiger partial charge < -0.3 is 10.6 Å². The van der Waals surface area contributed by atoms with Crippen LogP contribution in [0.2, 0.25) is 5.02 Å². The molecule has 7 heteroatoms. The minimum absolute atomic E-state index is 0.00158. The van der Waals surface area contributed by atoms with Crippen LogP contribution in [0.3, 0.4) is 0 Å². The molecular formula is C14H22ClN3O2S. The lowest BCUT2D eigenvalue weighted by Crippen LogP contribution is -2.47. The largest absolute Gasteiger partial charge is 0.326 e. The molecule has 0 aliphatic carbocycles. The zero-order valence-corrected chi connectivity index (χ0v) is 14.0. The van der Waals surface area contributed by atoms with Crippen molar-refractivity contribution < 1.29 is 8.42 Å². The molecule has 1 atom stereocenters. The first-order valence-corrected chi connectivity index (χ1v) is 8.83. The number of piperidine rings is 1. The van der Waals surface area contributed by atoms with Crippen molar-refractivity contribution in [1.82, 2.24) is 9.21 Å². The van der Waals surface area contributed by atoms with Crippen LogP contribution in [0, 0.1) is 0 Å². The fourth-order valence-electron chi connectivity index (χ4n) is 2.65. The van der Waals surface area contributed by atoms with Crippen molar-refractivity contribution in [2.45, 2.75) is 30.3 Å². The molecular weight excluding hydrogens is 310 g/mol. The SMILES string of the molecule is CN1CCCC(N(C)S(=O)(=O)c2ccc(CN)c(Cl)c2)C1. The van der Waals surface area contributed by atoms with E-state index in [1.54, 1.807) is 19.2 Å². The van der Waals surface area contributed by atoms with Crippen molar-refractivity contribution in [3.05, 3.63) is 28.8 Å². The van der Waals surface area contributed by atoms with Crippen molar-refractivity contribution in [2.24, 2.45) is 5.73 Å². The Balaban J connectivity index is 2.26. The molecule has 1 aromatic rings. The molecule has 1 aliphatic rings. The van der Waals surface area contributed by atoms with Gasteiger partial charge in [0.1, 0.15) is 0 Å². The van der Waals surface area contributed by atoms with Crippen molar-refractivity contribution in [3.8, 4) is 0 Å². The van der Waals surface area contributed by atoms with Gasteiger partial charge in [0.25, 0.3) is 0 Å². The summed E-state index contributed by atoms with van der Waals surface area (Å²) < 4.78 is 26.9. The number of sulfonamides is 1. The van der Waals surface area contributed by atoms with Gasteiger partial charge in [-0.15, -0.1) is 0 Å². The molecule has 1 fully saturated rings. The van der Waals surface area contributed by atoms with Crippen LogP contribution in [-0.2, 0) is 16.6 Å². The number of likely N-dealkylation sites (N-methyl/N-ethyl adjacent to an activating group) is 2. The van der Waals surface area contributed by atoms with E-state index in [2.05, 4.69) is 4.90 Å². The van der Waals surface area contributed by atoms with E-state index in [1.165, 1.54) is 10.4 Å². The minimum Gasteiger partial charge on any atom is -0.326 e. The first-order valence-electron chi connectivity index (χ1n) is 7.01. The van der Waals surface area contributed by atoms with Crippen LogP contribution >= 0.6 is 11.6 Å². The Bertz CT molecular complexity index is 606. The van der Waals surface area contributed by atoms with Crippen molar-refractivity contribution in [2.75, 3.05) is 27.2 Å². The summed E-state index contributed by atoms with van der Waals surface area (Å²) in [4.78, 5) is 2.38. The van der Waals surface area contributed by atoms with Crippen LogP contribution in [0.15, 0.2) is 23.1 Å². The predicted octanol–water partition coefficient (Wildman–Crippen LogP) is 1.51. The average Bonchev–Trinajstić information content (AvgIpc) is 2.46. The Morgan fingerprint density at radius 3 is 2.76 bits per heavy atom. The maximum Gasteiger partial charge on any atom is 0.243 e. The van der Waals surface area contributed by atoms with Gasteiger partial charge in [-0.3, -0.25) is 0 Å². The molecule has 1 aliphatic heterocycles. The van der Waals surface area contributed by atoms with Gasteiger partial charge in [-0.1, -0.05) is 17.7 Å². The van der Waals surface area contributed by atoms with Crippen LogP contribution in [0.4, 0.5) is 0 Å². The smallest absolute Gasteiger partial charge is 0.243 e. The van der Waals surface area contributed by atoms with E-state index in [-0.39, 0.29) is 10.9 Å². The van der Waals surface area contributed by atoms with E-state index in [9.17, 15) is 8.42 Å². The molecule has 0 saturated carbocycles. The molecule has 1 aromatic carbocycles. The van der Waals surface area contributed by atoms with Crippen LogP contribution < -0.4 is 5.73 Å². The molecule has 0 spiro atoms. The van der Waals surface area contributed by atoms with Crippen LogP contribution in [-0.4, -0.2) is 50.8 Å². The molecule has 2 rings (SSSR count). The Hall–Kier alpha value is -0.660. The molecule has 118 valence electrons. The van der Waals surface area contributed by atoms with Crippen molar-refractivity contribution >= 4 is 21.6 Å². The van der Waals surface area contributed by atoms with Gasteiger partial charge in [0.05, 0.1) is 4.90 Å². The summed E-state index contributed by atoms with van der Waals surface area (Å²) >= 11 is 6.08. The normalized spacial score (nSPS) is 20.9. The molecule has 0 radical (unpaired) electrons. The Kier molecular flexibility index (Phi) is 5.27. The highest BCUT2D eigenvalue weighted by molar-refractivity contribution is 7.89. The van der Waals surface area contributed by atoms with Crippen molar-refractivity contribution in [3.63, 3.8) is 0 Å². The quantitative estimate of drug-likeness (QED) is 0.908. The Labute approximate surface area is 131 Å². The minimum atomic E-state index is -3.53. The average molecular weight is 332 g/mol. The Morgan fingerprint density at radius 2 is 2.19 bits per heavy atom. The van der Waals surface area contributed by atoms with Gasteiger partial charge in [0.2, 0.25) is 10.0 Å². The monoisotopic (exact) mass is 331 g/mol. The number of rotatable bonds is 4. The van der Waals surface area contributed by atoms with Crippen LogP contribution in [0.25, 0.3) is 0 Å². The Morgan fingerprint density at radius 1 is 1.48 bits per heavy atom. The summed E-state index contributed by atoms with van der Waals surface area (Å²) in [6, 6.07) is 4.74. The molecule has 0 amide bonds. The molecule has 0 aromatic heterocycles. The number of nitrogens with zero attached hydrogens (tertiary/aromatic N) is 2. The van der Waals surface area contributed by atoms with E-state index in [0.29, 0.717) is 11.6 Å². The molecule has 1 unspecified atom stereocenters. The van der Waals surface area contributed by atoms with Gasteiger partial charge in [0.15, 0.2) is 0 Å². The van der Waals surface area contributed by atoms with E-state index in [4.69, 9.17) is 17.3 Å². The number of nitrogens with two attached hydrogens (primary N) is 1. The first-order chi connectivity index (χ1) is 9.86. The summed E-state index contributed by atoms with van der Waals surface area (Å²) in [5.41, 5.74) is 6.30. The van der Waals surface area contributed by atoms with Crippen molar-refractivity contribution in [1.29, 1.82) is 0 Å². The van der Waals surface area contributed by atoms with E-state index in [0.717, 1.165) is 31.5 Å². The second-order valence-electron chi connectivity index (χ2n) is 5.54. The summed E-state index contributed by atoms with van der Waals surface area (Å²) in [6.45, 7) is 2.06. The zero-order chi connectivity index (χ0) is 15.6. The van der Waals surface area contributed by atoms with E-state index < -0.39 is 10.0 Å². The maximum absolute atomic E-state index is 12.7. The van der Waals surface area contributed by atoms with Gasteiger partial charge in [0, 0.05) is 31.2 Å². The molecule has 21 heavy (non-hydrogen) atoms. The number of hydrogen-bond donors (Lipinski definition) is 1. The third kappa shape index (κ3) is 3.57. The molecule has 1 saturated heterocycles. The third-order valence-electron chi connectivity index (χ3n) is 4.04. The van der Waals surface area contributed by atoms with Gasteiger partial charge >= 0.3 is 0 Å². The van der Waals surface area contributed by atoms with Gasteiger partial charge in [-0.2, -0.15) is 4.31 Å². The standard InChI is InChI=1S/C14H22ClN3O2S/c1-17-7-3-4-12(10-17)18(2)21(19,20)13-6-5-11(9-16)14(15)8-13/h5-6,8,12H,3-4,7,9-10,16H2,1-2H3. The lowest BCUT2D eigenvalue weighted by molar-refractivity contribution is 0.187. The highest BCUT2D eigenvalue weighted by atomic mass is 35.5. The zero-order valence-electron chi connectivity index (χ0n) is 12.4. The van der Waals surface area contributed by atoms with E-state index in [1.807, 2.05) is 7.05 Å². The first kappa shape index (κ1) is 16.7. The highest BCUT2D eigenvalue weighted by Crippen LogP contribution is 2.25. The number of likely N-dealkylation sites (tertiary alicyclic amines) is 1. The summed E-state index contributed by atoms with van der Waals surface area (Å²) in [5.74, 6) is 0.